The maximum Gasteiger partial charge on any atom is 0.134 e. The zero-order chi connectivity index (χ0) is 12.5. The number of hydrogen-bond donors (Lipinski definition) is 0. The molecule has 3 rings (SSSR count). The van der Waals surface area contributed by atoms with Gasteiger partial charge in [-0.2, -0.15) is 0 Å². The molecule has 96 valence electrons. The lowest BCUT2D eigenvalue weighted by molar-refractivity contribution is 0.208. The van der Waals surface area contributed by atoms with Crippen LogP contribution in [0.25, 0.3) is 11.0 Å². The van der Waals surface area contributed by atoms with Crippen LogP contribution in [0.3, 0.4) is 0 Å². The minimum atomic E-state index is -0.0999. The normalized spacial score (nSPS) is 21.6. The Morgan fingerprint density at radius 2 is 2.28 bits per heavy atom. The Morgan fingerprint density at radius 1 is 1.39 bits per heavy atom. The van der Waals surface area contributed by atoms with Crippen molar-refractivity contribution in [2.45, 2.75) is 19.3 Å². The van der Waals surface area contributed by atoms with Crippen LogP contribution in [-0.2, 0) is 6.42 Å². The van der Waals surface area contributed by atoms with Crippen LogP contribution < -0.4 is 0 Å². The summed E-state index contributed by atoms with van der Waals surface area (Å²) in [5.74, 6) is 0.455. The largest absolute Gasteiger partial charge is 0.464 e. The van der Waals surface area contributed by atoms with Gasteiger partial charge in [0.2, 0.25) is 0 Å². The lowest BCUT2D eigenvalue weighted by atomic mass is 9.90. The summed E-state index contributed by atoms with van der Waals surface area (Å²) in [6, 6.07) is 5.11. The number of rotatable bonds is 2. The molecule has 3 heteroatoms. The van der Waals surface area contributed by atoms with E-state index in [1.807, 2.05) is 6.07 Å². The summed E-state index contributed by atoms with van der Waals surface area (Å²) >= 11 is 0. The van der Waals surface area contributed by atoms with Gasteiger partial charge in [-0.15, -0.1) is 0 Å². The van der Waals surface area contributed by atoms with Gasteiger partial charge in [0.1, 0.15) is 11.4 Å². The van der Waals surface area contributed by atoms with Gasteiger partial charge in [0.05, 0.1) is 6.26 Å². The van der Waals surface area contributed by atoms with Gasteiger partial charge in [0.15, 0.2) is 0 Å². The fourth-order valence-electron chi connectivity index (χ4n) is 3.01. The molecular weight excluding hydrogens is 229 g/mol. The summed E-state index contributed by atoms with van der Waals surface area (Å²) < 4.78 is 19.3. The topological polar surface area (TPSA) is 16.4 Å². The number of likely N-dealkylation sites (tertiary alicyclic amines) is 1. The predicted molar refractivity (Wildman–Crippen MR) is 70.1 cm³/mol. The number of hydrogen-bond acceptors (Lipinski definition) is 2. The van der Waals surface area contributed by atoms with Crippen molar-refractivity contribution in [2.75, 3.05) is 20.1 Å². The molecule has 1 unspecified atom stereocenters. The molecule has 1 atom stereocenters. The first kappa shape index (κ1) is 11.7. The number of fused-ring (bicyclic) bond motifs is 1. The van der Waals surface area contributed by atoms with Gasteiger partial charge in [-0.25, -0.2) is 4.39 Å². The molecule has 0 radical (unpaired) electrons. The number of furan rings is 1. The van der Waals surface area contributed by atoms with Crippen molar-refractivity contribution < 1.29 is 8.81 Å². The van der Waals surface area contributed by atoms with Crippen molar-refractivity contribution in [2.24, 2.45) is 5.92 Å². The smallest absolute Gasteiger partial charge is 0.134 e. The Morgan fingerprint density at radius 3 is 3.11 bits per heavy atom. The Bertz CT molecular complexity index is 548. The van der Waals surface area contributed by atoms with Crippen molar-refractivity contribution >= 4 is 11.0 Å². The molecule has 1 aliphatic heterocycles. The van der Waals surface area contributed by atoms with E-state index in [0.29, 0.717) is 5.92 Å². The van der Waals surface area contributed by atoms with Crippen LogP contribution in [-0.4, -0.2) is 25.0 Å². The van der Waals surface area contributed by atoms with Gasteiger partial charge in [-0.1, -0.05) is 0 Å². The van der Waals surface area contributed by atoms with Crippen molar-refractivity contribution in [1.29, 1.82) is 0 Å². The highest BCUT2D eigenvalue weighted by molar-refractivity contribution is 5.81. The highest BCUT2D eigenvalue weighted by Gasteiger charge is 2.20. The average molecular weight is 247 g/mol. The number of nitrogens with zero attached hydrogens (tertiary/aromatic N) is 1. The zero-order valence-electron chi connectivity index (χ0n) is 10.7. The lowest BCUT2D eigenvalue weighted by Crippen LogP contribution is -2.33. The highest BCUT2D eigenvalue weighted by Crippen LogP contribution is 2.28. The van der Waals surface area contributed by atoms with E-state index in [0.717, 1.165) is 36.0 Å². The molecule has 0 N–H and O–H groups in total. The minimum Gasteiger partial charge on any atom is -0.464 e. The van der Waals surface area contributed by atoms with E-state index in [9.17, 15) is 4.39 Å². The molecule has 2 nitrogen and oxygen atoms in total. The fourth-order valence-corrected chi connectivity index (χ4v) is 3.01. The van der Waals surface area contributed by atoms with Gasteiger partial charge < -0.3 is 9.32 Å². The maximum absolute atomic E-state index is 14.0. The highest BCUT2D eigenvalue weighted by atomic mass is 19.1. The fraction of sp³-hybridized carbons (Fsp3) is 0.467. The molecule has 1 fully saturated rings. The first-order valence-corrected chi connectivity index (χ1v) is 6.57. The second kappa shape index (κ2) is 4.73. The van der Waals surface area contributed by atoms with E-state index in [4.69, 9.17) is 4.42 Å². The molecule has 1 aromatic heterocycles. The molecule has 0 amide bonds. The molecule has 0 spiro atoms. The van der Waals surface area contributed by atoms with E-state index >= 15 is 0 Å². The summed E-state index contributed by atoms with van der Waals surface area (Å²) in [4.78, 5) is 2.33. The molecule has 1 saturated heterocycles. The third-order valence-electron chi connectivity index (χ3n) is 3.90. The zero-order valence-corrected chi connectivity index (χ0v) is 10.7. The quantitative estimate of drug-likeness (QED) is 0.808. The Labute approximate surface area is 106 Å². The monoisotopic (exact) mass is 247 g/mol. The van der Waals surface area contributed by atoms with Crippen molar-refractivity contribution in [3.63, 3.8) is 0 Å². The van der Waals surface area contributed by atoms with Crippen LogP contribution >= 0.6 is 0 Å². The standard InChI is InChI=1S/C15H18FNO/c1-17-7-2-3-11(10-17)9-13-12-6-8-18-15(12)5-4-14(13)16/h4-6,8,11H,2-3,7,9-10H2,1H3. The van der Waals surface area contributed by atoms with Crippen LogP contribution in [0.5, 0.6) is 0 Å². The van der Waals surface area contributed by atoms with Crippen LogP contribution in [0.15, 0.2) is 28.9 Å². The molecule has 1 aliphatic rings. The number of halogens is 1. The summed E-state index contributed by atoms with van der Waals surface area (Å²) in [5, 5.41) is 0.934. The van der Waals surface area contributed by atoms with E-state index < -0.39 is 0 Å². The molecule has 0 aliphatic carbocycles. The minimum absolute atomic E-state index is 0.0999. The predicted octanol–water partition coefficient (Wildman–Crippen LogP) is 3.46. The maximum atomic E-state index is 14.0. The van der Waals surface area contributed by atoms with Crippen molar-refractivity contribution in [3.05, 3.63) is 35.8 Å². The third kappa shape index (κ3) is 2.15. The Balaban J connectivity index is 1.89. The molecule has 1 aromatic carbocycles. The molecule has 0 bridgehead atoms. The second-order valence-corrected chi connectivity index (χ2v) is 5.33. The first-order valence-electron chi connectivity index (χ1n) is 6.57. The Hall–Kier alpha value is -1.35. The third-order valence-corrected chi connectivity index (χ3v) is 3.90. The number of piperidine rings is 1. The molecular formula is C15H18FNO. The molecule has 18 heavy (non-hydrogen) atoms. The van der Waals surface area contributed by atoms with Crippen molar-refractivity contribution in [1.82, 2.24) is 4.90 Å². The first-order chi connectivity index (χ1) is 8.74. The van der Waals surface area contributed by atoms with Gasteiger partial charge in [-0.05, 0) is 62.5 Å². The van der Waals surface area contributed by atoms with Crippen LogP contribution in [0.2, 0.25) is 0 Å². The second-order valence-electron chi connectivity index (χ2n) is 5.33. The summed E-state index contributed by atoms with van der Waals surface area (Å²) in [6.45, 7) is 2.22. The van der Waals surface area contributed by atoms with Gasteiger partial charge in [0.25, 0.3) is 0 Å². The summed E-state index contributed by atoms with van der Waals surface area (Å²) in [7, 11) is 2.14. The van der Waals surface area contributed by atoms with Gasteiger partial charge in [0, 0.05) is 11.9 Å². The van der Waals surface area contributed by atoms with E-state index in [1.54, 1.807) is 12.3 Å². The SMILES string of the molecule is CN1CCCC(Cc2c(F)ccc3occc23)C1. The van der Waals surface area contributed by atoms with Gasteiger partial charge >= 0.3 is 0 Å². The molecule has 0 saturated carbocycles. The van der Waals surface area contributed by atoms with E-state index in [2.05, 4.69) is 11.9 Å². The van der Waals surface area contributed by atoms with Gasteiger partial charge in [-0.3, -0.25) is 0 Å². The molecule has 2 aromatic rings. The summed E-state index contributed by atoms with van der Waals surface area (Å²) in [6.07, 6.45) is 4.86. The van der Waals surface area contributed by atoms with Crippen LogP contribution in [0, 0.1) is 11.7 Å². The van der Waals surface area contributed by atoms with E-state index in [-0.39, 0.29) is 5.82 Å². The van der Waals surface area contributed by atoms with Crippen LogP contribution in [0.4, 0.5) is 4.39 Å². The average Bonchev–Trinajstić information content (AvgIpc) is 2.81. The van der Waals surface area contributed by atoms with E-state index in [1.165, 1.54) is 18.9 Å². The van der Waals surface area contributed by atoms with Crippen molar-refractivity contribution in [3.8, 4) is 0 Å². The Kier molecular flexibility index (Phi) is 3.08. The lowest BCUT2D eigenvalue weighted by Gasteiger charge is -2.29. The molecule has 2 heterocycles. The number of benzene rings is 1. The summed E-state index contributed by atoms with van der Waals surface area (Å²) in [5.41, 5.74) is 1.61. The van der Waals surface area contributed by atoms with Crippen LogP contribution in [0.1, 0.15) is 18.4 Å².